The molecule has 0 aliphatic carbocycles. The monoisotopic (exact) mass is 430 g/mol. The molecular formula is C24H31ClN2O3. The fourth-order valence-electron chi connectivity index (χ4n) is 3.17. The highest BCUT2D eigenvalue weighted by Gasteiger charge is 2.28. The van der Waals surface area contributed by atoms with Crippen LogP contribution in [0.5, 0.6) is 5.75 Å². The second-order valence-electron chi connectivity index (χ2n) is 7.35. The van der Waals surface area contributed by atoms with E-state index in [9.17, 15) is 9.59 Å². The van der Waals surface area contributed by atoms with Crippen LogP contribution in [0.4, 0.5) is 0 Å². The third kappa shape index (κ3) is 6.49. The summed E-state index contributed by atoms with van der Waals surface area (Å²) in [6.07, 6.45) is 1.35. The maximum atomic E-state index is 13.2. The van der Waals surface area contributed by atoms with Gasteiger partial charge in [0.05, 0.1) is 0 Å². The number of rotatable bonds is 10. The van der Waals surface area contributed by atoms with E-state index in [1.807, 2.05) is 58.0 Å². The molecule has 2 aromatic rings. The number of amides is 2. The summed E-state index contributed by atoms with van der Waals surface area (Å²) in [4.78, 5) is 27.5. The molecule has 2 rings (SSSR count). The average Bonchev–Trinajstić information content (AvgIpc) is 2.74. The minimum absolute atomic E-state index is 0.130. The van der Waals surface area contributed by atoms with Gasteiger partial charge in [-0.25, -0.2) is 0 Å². The molecule has 1 N–H and O–H groups in total. The third-order valence-electron chi connectivity index (χ3n) is 5.11. The Hall–Kier alpha value is -2.53. The molecule has 0 spiro atoms. The van der Waals surface area contributed by atoms with Crippen LogP contribution >= 0.6 is 11.6 Å². The van der Waals surface area contributed by atoms with E-state index in [-0.39, 0.29) is 18.4 Å². The van der Waals surface area contributed by atoms with E-state index in [4.69, 9.17) is 16.3 Å². The summed E-state index contributed by atoms with van der Waals surface area (Å²) in [5.41, 5.74) is 3.01. The van der Waals surface area contributed by atoms with Gasteiger partial charge in [-0.1, -0.05) is 49.7 Å². The van der Waals surface area contributed by atoms with Crippen molar-refractivity contribution in [1.82, 2.24) is 10.2 Å². The van der Waals surface area contributed by atoms with E-state index in [0.717, 1.165) is 23.1 Å². The molecule has 1 atom stereocenters. The Morgan fingerprint density at radius 2 is 1.80 bits per heavy atom. The van der Waals surface area contributed by atoms with Crippen molar-refractivity contribution >= 4 is 23.4 Å². The molecule has 162 valence electrons. The van der Waals surface area contributed by atoms with Gasteiger partial charge >= 0.3 is 0 Å². The predicted octanol–water partition coefficient (Wildman–Crippen LogP) is 4.67. The van der Waals surface area contributed by atoms with Crippen molar-refractivity contribution < 1.29 is 14.3 Å². The molecular weight excluding hydrogens is 400 g/mol. The highest BCUT2D eigenvalue weighted by molar-refractivity contribution is 6.30. The zero-order chi connectivity index (χ0) is 22.1. The van der Waals surface area contributed by atoms with Crippen LogP contribution in [0.1, 0.15) is 43.4 Å². The second-order valence-corrected chi connectivity index (χ2v) is 7.79. The summed E-state index contributed by atoms with van der Waals surface area (Å²) in [5, 5.41) is 3.54. The smallest absolute Gasteiger partial charge is 0.261 e. The van der Waals surface area contributed by atoms with E-state index in [0.29, 0.717) is 30.3 Å². The molecule has 0 bridgehead atoms. The lowest BCUT2D eigenvalue weighted by atomic mass is 10.1. The highest BCUT2D eigenvalue weighted by Crippen LogP contribution is 2.21. The Kier molecular flexibility index (Phi) is 9.18. The van der Waals surface area contributed by atoms with Gasteiger partial charge in [0.15, 0.2) is 6.61 Å². The van der Waals surface area contributed by atoms with Crippen molar-refractivity contribution in [2.24, 2.45) is 0 Å². The average molecular weight is 431 g/mol. The first-order valence-corrected chi connectivity index (χ1v) is 10.8. The number of benzene rings is 2. The van der Waals surface area contributed by atoms with Crippen LogP contribution in [0.3, 0.4) is 0 Å². The first kappa shape index (κ1) is 23.7. The summed E-state index contributed by atoms with van der Waals surface area (Å²) >= 11 is 5.99. The molecule has 0 heterocycles. The predicted molar refractivity (Wildman–Crippen MR) is 121 cm³/mol. The van der Waals surface area contributed by atoms with Crippen LogP contribution in [-0.4, -0.2) is 35.9 Å². The van der Waals surface area contributed by atoms with Crippen LogP contribution in [0.2, 0.25) is 5.02 Å². The summed E-state index contributed by atoms with van der Waals surface area (Å²) in [6.45, 7) is 8.63. The van der Waals surface area contributed by atoms with Gasteiger partial charge in [0.25, 0.3) is 5.91 Å². The Labute approximate surface area is 184 Å². The lowest BCUT2D eigenvalue weighted by molar-refractivity contribution is -0.143. The van der Waals surface area contributed by atoms with Gasteiger partial charge in [-0.05, 0) is 61.6 Å². The van der Waals surface area contributed by atoms with E-state index in [1.165, 1.54) is 0 Å². The quantitative estimate of drug-likeness (QED) is 0.595. The molecule has 2 aromatic carbocycles. The zero-order valence-electron chi connectivity index (χ0n) is 18.2. The van der Waals surface area contributed by atoms with Gasteiger partial charge in [-0.15, -0.1) is 0 Å². The maximum Gasteiger partial charge on any atom is 0.261 e. The van der Waals surface area contributed by atoms with E-state index in [2.05, 4.69) is 5.32 Å². The molecule has 30 heavy (non-hydrogen) atoms. The first-order valence-electron chi connectivity index (χ1n) is 10.4. The number of nitrogens with zero attached hydrogens (tertiary/aromatic N) is 1. The van der Waals surface area contributed by atoms with E-state index < -0.39 is 6.04 Å². The normalized spacial score (nSPS) is 11.6. The molecule has 0 fully saturated rings. The molecule has 0 aliphatic rings. The van der Waals surface area contributed by atoms with Crippen molar-refractivity contribution in [3.8, 4) is 5.75 Å². The van der Waals surface area contributed by atoms with Gasteiger partial charge < -0.3 is 15.0 Å². The third-order valence-corrected chi connectivity index (χ3v) is 5.36. The van der Waals surface area contributed by atoms with Crippen LogP contribution < -0.4 is 10.1 Å². The Bertz CT molecular complexity index is 852. The van der Waals surface area contributed by atoms with Crippen LogP contribution in [-0.2, 0) is 16.1 Å². The second kappa shape index (κ2) is 11.6. The fraction of sp³-hybridized carbons (Fsp3) is 0.417. The molecule has 6 heteroatoms. The molecule has 2 amide bonds. The summed E-state index contributed by atoms with van der Waals surface area (Å²) < 4.78 is 5.83. The van der Waals surface area contributed by atoms with Crippen molar-refractivity contribution in [2.45, 2.75) is 53.1 Å². The molecule has 0 saturated carbocycles. The molecule has 0 aliphatic heterocycles. The SMILES string of the molecule is CCCNC(=O)[C@H](CC)N(Cc1ccc(Cl)cc1)C(=O)COc1cccc(C)c1C. The number of hydrogen-bond donors (Lipinski definition) is 1. The van der Waals surface area contributed by atoms with Crippen molar-refractivity contribution in [2.75, 3.05) is 13.2 Å². The number of nitrogens with one attached hydrogen (secondary N) is 1. The van der Waals surface area contributed by atoms with Gasteiger partial charge in [0.1, 0.15) is 11.8 Å². The number of carbonyl (C=O) groups is 2. The Morgan fingerprint density at radius 3 is 2.43 bits per heavy atom. The number of carbonyl (C=O) groups excluding carboxylic acids is 2. The number of aryl methyl sites for hydroxylation is 1. The largest absolute Gasteiger partial charge is 0.483 e. The molecule has 0 radical (unpaired) electrons. The molecule has 0 saturated heterocycles. The number of hydrogen-bond acceptors (Lipinski definition) is 3. The first-order chi connectivity index (χ1) is 14.4. The highest BCUT2D eigenvalue weighted by atomic mass is 35.5. The van der Waals surface area contributed by atoms with Gasteiger partial charge in [-0.3, -0.25) is 9.59 Å². The topological polar surface area (TPSA) is 58.6 Å². The lowest BCUT2D eigenvalue weighted by Crippen LogP contribution is -2.50. The summed E-state index contributed by atoms with van der Waals surface area (Å²) in [7, 11) is 0. The van der Waals surface area contributed by atoms with Crippen LogP contribution in [0.15, 0.2) is 42.5 Å². The minimum Gasteiger partial charge on any atom is -0.483 e. The maximum absolute atomic E-state index is 13.2. The Balaban J connectivity index is 2.21. The van der Waals surface area contributed by atoms with E-state index in [1.54, 1.807) is 17.0 Å². The van der Waals surface area contributed by atoms with Crippen LogP contribution in [0, 0.1) is 13.8 Å². The van der Waals surface area contributed by atoms with E-state index >= 15 is 0 Å². The molecule has 0 unspecified atom stereocenters. The number of halogens is 1. The lowest BCUT2D eigenvalue weighted by Gasteiger charge is -2.30. The van der Waals surface area contributed by atoms with Gasteiger partial charge in [0, 0.05) is 18.1 Å². The van der Waals surface area contributed by atoms with Crippen molar-refractivity contribution in [3.05, 3.63) is 64.2 Å². The number of ether oxygens (including phenoxy) is 1. The molecule has 0 aromatic heterocycles. The Morgan fingerprint density at radius 1 is 1.10 bits per heavy atom. The van der Waals surface area contributed by atoms with Crippen LogP contribution in [0.25, 0.3) is 0 Å². The summed E-state index contributed by atoms with van der Waals surface area (Å²) in [6, 6.07) is 12.5. The van der Waals surface area contributed by atoms with Crippen molar-refractivity contribution in [1.29, 1.82) is 0 Å². The van der Waals surface area contributed by atoms with Crippen molar-refractivity contribution in [3.63, 3.8) is 0 Å². The fourth-order valence-corrected chi connectivity index (χ4v) is 3.30. The summed E-state index contributed by atoms with van der Waals surface area (Å²) in [5.74, 6) is 0.302. The zero-order valence-corrected chi connectivity index (χ0v) is 19.0. The molecule has 5 nitrogen and oxygen atoms in total. The van der Waals surface area contributed by atoms with Gasteiger partial charge in [0.2, 0.25) is 5.91 Å². The minimum atomic E-state index is -0.568. The van der Waals surface area contributed by atoms with Gasteiger partial charge in [-0.2, -0.15) is 0 Å². The standard InChI is InChI=1S/C24H31ClN2O3/c1-5-14-26-24(29)21(6-2)27(15-19-10-12-20(25)13-11-19)23(28)16-30-22-9-7-8-17(3)18(22)4/h7-13,21H,5-6,14-16H2,1-4H3,(H,26,29)/t21-/m0/s1.